The van der Waals surface area contributed by atoms with Crippen LogP contribution in [0.5, 0.6) is 0 Å². The number of amides is 2. The number of carbonyl (C=O) groups excluding carboxylic acids is 3. The highest BCUT2D eigenvalue weighted by atomic mass is 19.1. The van der Waals surface area contributed by atoms with Crippen molar-refractivity contribution in [2.45, 2.75) is 43.9 Å². The van der Waals surface area contributed by atoms with Crippen molar-refractivity contribution >= 4 is 29.5 Å². The zero-order valence-electron chi connectivity index (χ0n) is 23.6. The summed E-state index contributed by atoms with van der Waals surface area (Å²) in [6.45, 7) is 4.58. The number of para-hydroxylation sites is 1. The van der Waals surface area contributed by atoms with Crippen molar-refractivity contribution in [3.8, 4) is 0 Å². The van der Waals surface area contributed by atoms with Gasteiger partial charge in [-0.25, -0.2) is 8.78 Å². The van der Waals surface area contributed by atoms with Gasteiger partial charge in [-0.2, -0.15) is 0 Å². The molecule has 218 valence electrons. The van der Waals surface area contributed by atoms with Crippen LogP contribution in [0.2, 0.25) is 0 Å². The van der Waals surface area contributed by atoms with Crippen molar-refractivity contribution in [2.24, 2.45) is 0 Å². The van der Waals surface area contributed by atoms with E-state index in [1.165, 1.54) is 19.1 Å². The van der Waals surface area contributed by atoms with Crippen molar-refractivity contribution < 1.29 is 23.2 Å². The Balaban J connectivity index is 1.14. The average molecular weight is 573 g/mol. The summed E-state index contributed by atoms with van der Waals surface area (Å²) in [7, 11) is 0. The Morgan fingerprint density at radius 3 is 2.38 bits per heavy atom. The summed E-state index contributed by atoms with van der Waals surface area (Å²) < 4.78 is 28.9. The fourth-order valence-electron chi connectivity index (χ4n) is 6.73. The van der Waals surface area contributed by atoms with E-state index in [-0.39, 0.29) is 11.7 Å². The minimum absolute atomic E-state index is 0.0319. The van der Waals surface area contributed by atoms with E-state index in [2.05, 4.69) is 9.80 Å². The lowest BCUT2D eigenvalue weighted by atomic mass is 9.85. The van der Waals surface area contributed by atoms with E-state index in [1.54, 1.807) is 47.4 Å². The molecule has 3 heterocycles. The minimum atomic E-state index is -2.01. The molecule has 0 saturated carbocycles. The molecule has 0 bridgehead atoms. The maximum Gasteiger partial charge on any atom is 0.269 e. The summed E-state index contributed by atoms with van der Waals surface area (Å²) in [5, 5.41) is 0. The van der Waals surface area contributed by atoms with Gasteiger partial charge in [-0.15, -0.1) is 0 Å². The first-order valence-corrected chi connectivity index (χ1v) is 14.4. The summed E-state index contributed by atoms with van der Waals surface area (Å²) >= 11 is 0. The van der Waals surface area contributed by atoms with E-state index in [9.17, 15) is 18.8 Å². The Morgan fingerprint density at radius 2 is 1.64 bits per heavy atom. The number of rotatable bonds is 8. The van der Waals surface area contributed by atoms with Crippen LogP contribution in [0.1, 0.15) is 47.7 Å². The molecule has 2 amide bonds. The van der Waals surface area contributed by atoms with Crippen molar-refractivity contribution in [1.29, 1.82) is 0 Å². The van der Waals surface area contributed by atoms with Crippen LogP contribution in [0.4, 0.5) is 20.2 Å². The smallest absolute Gasteiger partial charge is 0.269 e. The molecule has 1 atom stereocenters. The summed E-state index contributed by atoms with van der Waals surface area (Å²) in [4.78, 5) is 45.9. The Morgan fingerprint density at radius 1 is 0.905 bits per heavy atom. The molecule has 0 radical (unpaired) electrons. The molecular formula is C33H34F2N4O3. The quantitative estimate of drug-likeness (QED) is 0.360. The fraction of sp³-hybridized carbons (Fsp3) is 0.364. The predicted octanol–water partition coefficient (Wildman–Crippen LogP) is 4.90. The van der Waals surface area contributed by atoms with Crippen molar-refractivity contribution in [3.63, 3.8) is 0 Å². The number of piperidine rings is 1. The van der Waals surface area contributed by atoms with Crippen molar-refractivity contribution in [3.05, 3.63) is 95.3 Å². The zero-order chi connectivity index (χ0) is 29.5. The van der Waals surface area contributed by atoms with E-state index in [4.69, 9.17) is 0 Å². The number of aldehydes is 1. The molecule has 0 aliphatic carbocycles. The summed E-state index contributed by atoms with van der Waals surface area (Å²) in [5.74, 6) is -0.820. The van der Waals surface area contributed by atoms with Gasteiger partial charge in [0.1, 0.15) is 17.6 Å². The number of nitrogens with zero attached hydrogens (tertiary/aromatic N) is 4. The fourth-order valence-corrected chi connectivity index (χ4v) is 6.73. The standard InChI is InChI=1S/C33H34F2N4O3/c1-32(35)28-8-2-3-9-29(28)38(30(32)41)17-5-16-36-18-14-33(15-19-36)31(42)37(21-24-6-4-7-25(20-24)22-40)23-39(33)27-12-10-26(34)11-13-27/h2-4,6-13,20,22H,5,14-19,21,23H2,1H3. The Hall–Kier alpha value is -4.11. The maximum atomic E-state index is 15.2. The first kappa shape index (κ1) is 28.0. The molecule has 2 saturated heterocycles. The number of likely N-dealkylation sites (tertiary alicyclic amines) is 1. The van der Waals surface area contributed by atoms with Gasteiger partial charge in [-0.3, -0.25) is 14.4 Å². The second kappa shape index (κ2) is 10.9. The molecule has 7 nitrogen and oxygen atoms in total. The molecule has 9 heteroatoms. The molecular weight excluding hydrogens is 538 g/mol. The molecule has 1 unspecified atom stereocenters. The number of alkyl halides is 1. The molecule has 6 rings (SSSR count). The summed E-state index contributed by atoms with van der Waals surface area (Å²) in [5.41, 5.74) is 0.519. The monoisotopic (exact) mass is 572 g/mol. The lowest BCUT2D eigenvalue weighted by molar-refractivity contribution is -0.134. The molecule has 1 spiro atoms. The number of hydrogen-bond donors (Lipinski definition) is 0. The van der Waals surface area contributed by atoms with Gasteiger partial charge in [0, 0.05) is 43.0 Å². The molecule has 0 aromatic heterocycles. The van der Waals surface area contributed by atoms with Gasteiger partial charge in [-0.05, 0) is 74.7 Å². The summed E-state index contributed by atoms with van der Waals surface area (Å²) in [6, 6.07) is 20.6. The zero-order valence-corrected chi connectivity index (χ0v) is 23.6. The molecule has 2 fully saturated rings. The lowest BCUT2D eigenvalue weighted by Crippen LogP contribution is -2.56. The number of benzene rings is 3. The van der Waals surface area contributed by atoms with E-state index in [0.29, 0.717) is 68.9 Å². The van der Waals surface area contributed by atoms with Crippen LogP contribution < -0.4 is 9.80 Å². The van der Waals surface area contributed by atoms with Gasteiger partial charge >= 0.3 is 0 Å². The van der Waals surface area contributed by atoms with Gasteiger partial charge < -0.3 is 19.6 Å². The molecule has 3 aromatic rings. The Kier molecular flexibility index (Phi) is 7.30. The van der Waals surface area contributed by atoms with E-state index < -0.39 is 17.1 Å². The molecule has 3 aliphatic heterocycles. The SMILES string of the molecule is CC1(F)C(=O)N(CCCN2CCC3(CC2)C(=O)N(Cc2cccc(C=O)c2)CN3c2ccc(F)cc2)c2ccccc21. The van der Waals surface area contributed by atoms with Crippen LogP contribution in [0.3, 0.4) is 0 Å². The summed E-state index contributed by atoms with van der Waals surface area (Å²) in [6.07, 6.45) is 2.67. The highest BCUT2D eigenvalue weighted by Crippen LogP contribution is 2.43. The van der Waals surface area contributed by atoms with Crippen LogP contribution in [0.25, 0.3) is 0 Å². The van der Waals surface area contributed by atoms with E-state index >= 15 is 4.39 Å². The number of hydrogen-bond acceptors (Lipinski definition) is 5. The second-order valence-electron chi connectivity index (χ2n) is 11.6. The highest BCUT2D eigenvalue weighted by molar-refractivity contribution is 6.06. The molecule has 3 aromatic carbocycles. The number of anilines is 2. The van der Waals surface area contributed by atoms with Crippen molar-refractivity contribution in [1.82, 2.24) is 9.80 Å². The Bertz CT molecular complexity index is 1500. The van der Waals surface area contributed by atoms with Gasteiger partial charge in [-0.1, -0.05) is 36.4 Å². The third kappa shape index (κ3) is 4.85. The number of fused-ring (bicyclic) bond motifs is 1. The van der Waals surface area contributed by atoms with Crippen LogP contribution in [0.15, 0.2) is 72.8 Å². The molecule has 3 aliphatic rings. The maximum absolute atomic E-state index is 15.2. The lowest BCUT2D eigenvalue weighted by Gasteiger charge is -2.43. The van der Waals surface area contributed by atoms with Crippen LogP contribution in [0, 0.1) is 5.82 Å². The first-order chi connectivity index (χ1) is 20.2. The van der Waals surface area contributed by atoms with Gasteiger partial charge in [0.05, 0.1) is 12.4 Å². The van der Waals surface area contributed by atoms with E-state index in [1.807, 2.05) is 23.1 Å². The first-order valence-electron chi connectivity index (χ1n) is 14.4. The van der Waals surface area contributed by atoms with Crippen LogP contribution in [-0.2, 0) is 21.8 Å². The minimum Gasteiger partial charge on any atom is -0.339 e. The average Bonchev–Trinajstić information content (AvgIpc) is 3.37. The van der Waals surface area contributed by atoms with Crippen LogP contribution in [-0.4, -0.2) is 66.3 Å². The normalized spacial score (nSPS) is 21.8. The number of halogens is 2. The molecule has 42 heavy (non-hydrogen) atoms. The third-order valence-corrected chi connectivity index (χ3v) is 9.00. The van der Waals surface area contributed by atoms with Gasteiger partial charge in [0.15, 0.2) is 0 Å². The highest BCUT2D eigenvalue weighted by Gasteiger charge is 2.53. The van der Waals surface area contributed by atoms with Crippen molar-refractivity contribution in [2.75, 3.05) is 42.6 Å². The van der Waals surface area contributed by atoms with Gasteiger partial charge in [0.25, 0.3) is 5.91 Å². The largest absolute Gasteiger partial charge is 0.339 e. The van der Waals surface area contributed by atoms with Gasteiger partial charge in [0.2, 0.25) is 11.6 Å². The predicted molar refractivity (Wildman–Crippen MR) is 156 cm³/mol. The number of carbonyl (C=O) groups is 3. The second-order valence-corrected chi connectivity index (χ2v) is 11.6. The topological polar surface area (TPSA) is 64.2 Å². The van der Waals surface area contributed by atoms with Crippen LogP contribution >= 0.6 is 0 Å². The third-order valence-electron chi connectivity index (χ3n) is 9.00. The molecule has 0 N–H and O–H groups in total. The van der Waals surface area contributed by atoms with E-state index in [0.717, 1.165) is 24.1 Å². The Labute approximate surface area is 244 Å².